The van der Waals surface area contributed by atoms with E-state index in [1.54, 1.807) is 14.2 Å². The number of hydrogen-bond donors (Lipinski definition) is 0. The normalized spacial score (nSPS) is 15.8. The van der Waals surface area contributed by atoms with Gasteiger partial charge in [0.25, 0.3) is 0 Å². The van der Waals surface area contributed by atoms with E-state index in [0.717, 1.165) is 17.1 Å². The van der Waals surface area contributed by atoms with Crippen LogP contribution in [0.15, 0.2) is 170 Å². The van der Waals surface area contributed by atoms with Crippen molar-refractivity contribution in [2.45, 2.75) is 10.8 Å². The Morgan fingerprint density at radius 3 is 1.31 bits per heavy atom. The average Bonchev–Trinajstić information content (AvgIpc) is 3.07. The topological polar surface area (TPSA) is 18.5 Å². The minimum absolute atomic E-state index is 0.110. The van der Waals surface area contributed by atoms with Crippen molar-refractivity contribution in [1.29, 1.82) is 0 Å². The van der Waals surface area contributed by atoms with Crippen molar-refractivity contribution >= 4 is 37.1 Å². The molecule has 0 saturated heterocycles. The lowest BCUT2D eigenvalue weighted by Crippen LogP contribution is -2.44. The van der Waals surface area contributed by atoms with Crippen LogP contribution < -0.4 is 26.0 Å². The van der Waals surface area contributed by atoms with Gasteiger partial charge in [-0.05, 0) is 49.2 Å². The highest BCUT2D eigenvalue weighted by Crippen LogP contribution is 2.73. The van der Waals surface area contributed by atoms with E-state index < -0.39 is 20.7 Å². The van der Waals surface area contributed by atoms with Gasteiger partial charge in [0.1, 0.15) is 11.5 Å². The highest BCUT2D eigenvalue weighted by atomic mass is 31.2. The van der Waals surface area contributed by atoms with Crippen LogP contribution in [-0.2, 0) is 4.74 Å². The van der Waals surface area contributed by atoms with Crippen molar-refractivity contribution in [3.05, 3.63) is 175 Å². The molecule has 0 fully saturated rings. The maximum Gasteiger partial charge on any atom is 0.122 e. The van der Waals surface area contributed by atoms with E-state index in [1.165, 1.54) is 21.2 Å². The molecule has 4 heteroatoms. The number of methoxy groups -OCH3 is 2. The third kappa shape index (κ3) is 5.22. The SMILES string of the molecule is COC1=CC=CC(P(c2ccccc2)c2ccccc2)(P(c2ccccc2)c2ccccc2)C1c1ccccc1OC. The molecule has 1 unspecified atom stereocenters. The van der Waals surface area contributed by atoms with Gasteiger partial charge in [-0.15, -0.1) is 0 Å². The second kappa shape index (κ2) is 12.9. The van der Waals surface area contributed by atoms with E-state index in [2.05, 4.69) is 158 Å². The van der Waals surface area contributed by atoms with E-state index >= 15 is 0 Å². The number of hydrogen-bond acceptors (Lipinski definition) is 2. The first-order chi connectivity index (χ1) is 20.8. The van der Waals surface area contributed by atoms with Gasteiger partial charge >= 0.3 is 0 Å². The minimum Gasteiger partial charge on any atom is -0.500 e. The van der Waals surface area contributed by atoms with Crippen LogP contribution in [0.5, 0.6) is 5.75 Å². The van der Waals surface area contributed by atoms with Crippen LogP contribution in [0.2, 0.25) is 0 Å². The van der Waals surface area contributed by atoms with E-state index in [9.17, 15) is 0 Å². The van der Waals surface area contributed by atoms with Crippen LogP contribution in [0.25, 0.3) is 0 Å². The Morgan fingerprint density at radius 2 is 0.905 bits per heavy atom. The molecule has 42 heavy (non-hydrogen) atoms. The molecule has 0 bridgehead atoms. The van der Waals surface area contributed by atoms with Crippen LogP contribution in [0, 0.1) is 0 Å². The fourth-order valence-electron chi connectivity index (χ4n) is 6.10. The molecule has 0 amide bonds. The summed E-state index contributed by atoms with van der Waals surface area (Å²) in [5, 5.41) is 5.33. The molecule has 208 valence electrons. The molecule has 0 radical (unpaired) electrons. The summed E-state index contributed by atoms with van der Waals surface area (Å²) in [7, 11) is 1.60. The molecule has 5 aromatic carbocycles. The highest BCUT2D eigenvalue weighted by Gasteiger charge is 2.55. The van der Waals surface area contributed by atoms with Gasteiger partial charge in [-0.1, -0.05) is 152 Å². The van der Waals surface area contributed by atoms with E-state index in [0.29, 0.717) is 0 Å². The summed E-state index contributed by atoms with van der Waals surface area (Å²) in [4.78, 5) is -0.412. The first kappa shape index (κ1) is 28.2. The number of ether oxygens (including phenoxy) is 2. The van der Waals surface area contributed by atoms with Gasteiger partial charge in [0.05, 0.1) is 25.0 Å². The molecule has 5 aromatic rings. The zero-order valence-corrected chi connectivity index (χ0v) is 25.7. The van der Waals surface area contributed by atoms with Crippen molar-refractivity contribution in [3.8, 4) is 5.75 Å². The third-order valence-electron chi connectivity index (χ3n) is 7.77. The first-order valence-electron chi connectivity index (χ1n) is 14.1. The van der Waals surface area contributed by atoms with Crippen molar-refractivity contribution < 1.29 is 9.47 Å². The lowest BCUT2D eigenvalue weighted by Gasteiger charge is -2.52. The minimum atomic E-state index is -0.987. The summed E-state index contributed by atoms with van der Waals surface area (Å²) in [5.41, 5.74) is 1.14. The Morgan fingerprint density at radius 1 is 0.500 bits per heavy atom. The van der Waals surface area contributed by atoms with Crippen molar-refractivity contribution in [2.75, 3.05) is 14.2 Å². The summed E-state index contributed by atoms with van der Waals surface area (Å²) in [6, 6.07) is 52.8. The fourth-order valence-corrected chi connectivity index (χ4v) is 13.9. The molecule has 0 aromatic heterocycles. The lowest BCUT2D eigenvalue weighted by atomic mass is 9.88. The van der Waals surface area contributed by atoms with Gasteiger partial charge in [0, 0.05) is 5.56 Å². The van der Waals surface area contributed by atoms with Gasteiger partial charge in [-0.3, -0.25) is 0 Å². The van der Waals surface area contributed by atoms with Crippen molar-refractivity contribution in [1.82, 2.24) is 0 Å². The zero-order valence-electron chi connectivity index (χ0n) is 23.9. The predicted molar refractivity (Wildman–Crippen MR) is 181 cm³/mol. The van der Waals surface area contributed by atoms with E-state index in [-0.39, 0.29) is 5.92 Å². The zero-order chi connectivity index (χ0) is 28.8. The van der Waals surface area contributed by atoms with Crippen molar-refractivity contribution in [2.24, 2.45) is 0 Å². The molecule has 0 heterocycles. The van der Waals surface area contributed by atoms with Gasteiger partial charge in [0.15, 0.2) is 0 Å². The van der Waals surface area contributed by atoms with Gasteiger partial charge in [0.2, 0.25) is 0 Å². The van der Waals surface area contributed by atoms with Crippen LogP contribution in [-0.4, -0.2) is 19.1 Å². The Hall–Kier alpha value is -3.96. The molecular weight excluding hydrogens is 550 g/mol. The van der Waals surface area contributed by atoms with E-state index in [1.807, 2.05) is 6.07 Å². The molecule has 1 aliphatic carbocycles. The second-order valence-corrected chi connectivity index (χ2v) is 15.3. The number of para-hydroxylation sites is 1. The quantitative estimate of drug-likeness (QED) is 0.164. The average molecular weight is 585 g/mol. The number of allylic oxidation sites excluding steroid dienone is 4. The Kier molecular flexibility index (Phi) is 8.66. The monoisotopic (exact) mass is 584 g/mol. The lowest BCUT2D eigenvalue weighted by molar-refractivity contribution is 0.259. The maximum atomic E-state index is 6.33. The highest BCUT2D eigenvalue weighted by molar-refractivity contribution is 7.91. The fraction of sp³-hybridized carbons (Fsp3) is 0.105. The van der Waals surface area contributed by atoms with Crippen LogP contribution in [0.4, 0.5) is 0 Å². The van der Waals surface area contributed by atoms with Gasteiger partial charge < -0.3 is 9.47 Å². The molecule has 2 nitrogen and oxygen atoms in total. The van der Waals surface area contributed by atoms with Crippen LogP contribution in [0.3, 0.4) is 0 Å². The standard InChI is InChI=1S/C38H34O2P2/c1-39-35-27-16-15-26-34(35)37-36(40-2)28-17-29-38(37,41(30-18-7-3-8-19-30)31-20-9-4-10-21-31)42(32-22-11-5-12-23-32)33-24-13-6-14-25-33/h3-29,37H,1-2H3. The smallest absolute Gasteiger partial charge is 0.122 e. The summed E-state index contributed by atoms with van der Waals surface area (Å²) in [6.45, 7) is 0. The third-order valence-corrected chi connectivity index (χ3v) is 14.5. The number of rotatable bonds is 9. The molecule has 0 spiro atoms. The predicted octanol–water partition coefficient (Wildman–Crippen LogP) is 7.84. The molecule has 1 atom stereocenters. The second-order valence-electron chi connectivity index (χ2n) is 10.1. The summed E-state index contributed by atoms with van der Waals surface area (Å²) in [6.07, 6.45) is 6.87. The number of benzene rings is 5. The van der Waals surface area contributed by atoms with E-state index in [4.69, 9.17) is 9.47 Å². The molecule has 6 rings (SSSR count). The molecule has 0 saturated carbocycles. The maximum absolute atomic E-state index is 6.33. The Bertz CT molecular complexity index is 1490. The summed E-state index contributed by atoms with van der Waals surface area (Å²) in [5.74, 6) is 1.71. The summed E-state index contributed by atoms with van der Waals surface area (Å²) >= 11 is 0. The van der Waals surface area contributed by atoms with Crippen LogP contribution in [0.1, 0.15) is 11.5 Å². The molecular formula is C38H34O2P2. The first-order valence-corrected chi connectivity index (χ1v) is 16.8. The molecule has 0 aliphatic heterocycles. The summed E-state index contributed by atoms with van der Waals surface area (Å²) < 4.78 is 12.4. The van der Waals surface area contributed by atoms with Gasteiger partial charge in [-0.2, -0.15) is 0 Å². The Balaban J connectivity index is 1.78. The largest absolute Gasteiger partial charge is 0.500 e. The van der Waals surface area contributed by atoms with Gasteiger partial charge in [-0.25, -0.2) is 0 Å². The molecule has 0 N–H and O–H groups in total. The van der Waals surface area contributed by atoms with Crippen LogP contribution >= 0.6 is 15.8 Å². The Labute approximate surface area is 251 Å². The molecule has 1 aliphatic rings. The van der Waals surface area contributed by atoms with Crippen molar-refractivity contribution in [3.63, 3.8) is 0 Å².